The maximum Gasteiger partial charge on any atom is 0.119 e. The third kappa shape index (κ3) is 2.39. The van der Waals surface area contributed by atoms with Gasteiger partial charge in [0.25, 0.3) is 0 Å². The zero-order chi connectivity index (χ0) is 10.7. The first kappa shape index (κ1) is 12.7. The van der Waals surface area contributed by atoms with E-state index in [1.807, 2.05) is 6.07 Å². The van der Waals surface area contributed by atoms with Crippen LogP contribution < -0.4 is 10.1 Å². The third-order valence-corrected chi connectivity index (χ3v) is 2.46. The Kier molecular flexibility index (Phi) is 4.44. The standard InChI is InChI=1S/C13H15NO.ClH/c1-3-14-13-6-4-5-10-7-8-11(15-2)9-12(10)13;/h4-9,14H,3H2,1-2H3;1H. The summed E-state index contributed by atoms with van der Waals surface area (Å²) in [6.45, 7) is 3.02. The van der Waals surface area contributed by atoms with Crippen LogP contribution in [0.1, 0.15) is 6.92 Å². The molecule has 0 aliphatic rings. The molecule has 0 amide bonds. The first-order chi connectivity index (χ1) is 7.35. The van der Waals surface area contributed by atoms with E-state index in [1.165, 1.54) is 10.8 Å². The number of ether oxygens (including phenoxy) is 1. The van der Waals surface area contributed by atoms with E-state index in [9.17, 15) is 0 Å². The van der Waals surface area contributed by atoms with Crippen molar-refractivity contribution < 1.29 is 4.74 Å². The normalized spacial score (nSPS) is 9.62. The molecule has 0 saturated heterocycles. The zero-order valence-electron chi connectivity index (χ0n) is 9.49. The lowest BCUT2D eigenvalue weighted by atomic mass is 10.1. The van der Waals surface area contributed by atoms with Crippen molar-refractivity contribution in [1.82, 2.24) is 0 Å². The summed E-state index contributed by atoms with van der Waals surface area (Å²) in [6, 6.07) is 12.4. The maximum absolute atomic E-state index is 5.23. The van der Waals surface area contributed by atoms with Crippen molar-refractivity contribution in [3.05, 3.63) is 36.4 Å². The van der Waals surface area contributed by atoms with Gasteiger partial charge in [-0.15, -0.1) is 12.4 Å². The summed E-state index contributed by atoms with van der Waals surface area (Å²) >= 11 is 0. The van der Waals surface area contributed by atoms with Crippen molar-refractivity contribution in [1.29, 1.82) is 0 Å². The minimum atomic E-state index is 0. The molecule has 3 heteroatoms. The fourth-order valence-corrected chi connectivity index (χ4v) is 1.72. The summed E-state index contributed by atoms with van der Waals surface area (Å²) < 4.78 is 5.23. The number of rotatable bonds is 3. The molecular formula is C13H16ClNO. The molecule has 0 bridgehead atoms. The third-order valence-electron chi connectivity index (χ3n) is 2.46. The smallest absolute Gasteiger partial charge is 0.119 e. The second-order valence-corrected chi connectivity index (χ2v) is 3.42. The number of hydrogen-bond donors (Lipinski definition) is 1. The molecule has 2 aromatic carbocycles. The highest BCUT2D eigenvalue weighted by Crippen LogP contribution is 2.27. The monoisotopic (exact) mass is 237 g/mol. The van der Waals surface area contributed by atoms with Crippen molar-refractivity contribution in [2.45, 2.75) is 6.92 Å². The highest BCUT2D eigenvalue weighted by atomic mass is 35.5. The number of hydrogen-bond acceptors (Lipinski definition) is 2. The average molecular weight is 238 g/mol. The van der Waals surface area contributed by atoms with Crippen LogP contribution >= 0.6 is 12.4 Å². The number of methoxy groups -OCH3 is 1. The fraction of sp³-hybridized carbons (Fsp3) is 0.231. The van der Waals surface area contributed by atoms with E-state index < -0.39 is 0 Å². The van der Waals surface area contributed by atoms with Crippen molar-refractivity contribution in [3.63, 3.8) is 0 Å². The fourth-order valence-electron chi connectivity index (χ4n) is 1.72. The lowest BCUT2D eigenvalue weighted by molar-refractivity contribution is 0.415. The molecule has 0 fully saturated rings. The van der Waals surface area contributed by atoms with Gasteiger partial charge in [-0.2, -0.15) is 0 Å². The molecule has 2 nitrogen and oxygen atoms in total. The highest BCUT2D eigenvalue weighted by molar-refractivity contribution is 5.94. The summed E-state index contributed by atoms with van der Waals surface area (Å²) in [4.78, 5) is 0. The molecule has 0 atom stereocenters. The Bertz CT molecular complexity index is 470. The molecule has 0 unspecified atom stereocenters. The summed E-state index contributed by atoms with van der Waals surface area (Å²) in [6.07, 6.45) is 0. The summed E-state index contributed by atoms with van der Waals surface area (Å²) in [5.74, 6) is 0.896. The van der Waals surface area contributed by atoms with E-state index in [1.54, 1.807) is 7.11 Å². The van der Waals surface area contributed by atoms with Gasteiger partial charge in [0, 0.05) is 17.6 Å². The Morgan fingerprint density at radius 3 is 2.69 bits per heavy atom. The van der Waals surface area contributed by atoms with Crippen LogP contribution in [0, 0.1) is 0 Å². The van der Waals surface area contributed by atoms with E-state index in [4.69, 9.17) is 4.74 Å². The molecule has 0 aliphatic heterocycles. The molecule has 2 rings (SSSR count). The van der Waals surface area contributed by atoms with Crippen LogP contribution in [0.4, 0.5) is 5.69 Å². The molecule has 86 valence electrons. The van der Waals surface area contributed by atoms with Crippen LogP contribution in [0.25, 0.3) is 10.8 Å². The predicted octanol–water partition coefficient (Wildman–Crippen LogP) is 3.70. The molecule has 0 aromatic heterocycles. The van der Waals surface area contributed by atoms with Gasteiger partial charge in [-0.05, 0) is 30.5 Å². The lowest BCUT2D eigenvalue weighted by Crippen LogP contribution is -1.97. The average Bonchev–Trinajstić information content (AvgIpc) is 2.29. The van der Waals surface area contributed by atoms with E-state index in [2.05, 4.69) is 42.6 Å². The Labute approximate surface area is 102 Å². The van der Waals surface area contributed by atoms with Crippen LogP contribution in [0.3, 0.4) is 0 Å². The molecule has 0 spiro atoms. The second kappa shape index (κ2) is 5.61. The molecule has 0 radical (unpaired) electrons. The Hall–Kier alpha value is -1.41. The van der Waals surface area contributed by atoms with Crippen LogP contribution in [0.15, 0.2) is 36.4 Å². The van der Waals surface area contributed by atoms with Gasteiger partial charge in [-0.25, -0.2) is 0 Å². The minimum absolute atomic E-state index is 0. The van der Waals surface area contributed by atoms with Gasteiger partial charge in [0.2, 0.25) is 0 Å². The van der Waals surface area contributed by atoms with Crippen LogP contribution in [-0.2, 0) is 0 Å². The highest BCUT2D eigenvalue weighted by Gasteiger charge is 2.00. The molecule has 16 heavy (non-hydrogen) atoms. The quantitative estimate of drug-likeness (QED) is 0.879. The number of halogens is 1. The van der Waals surface area contributed by atoms with Crippen LogP contribution in [0.2, 0.25) is 0 Å². The number of anilines is 1. The minimum Gasteiger partial charge on any atom is -0.497 e. The topological polar surface area (TPSA) is 21.3 Å². The van der Waals surface area contributed by atoms with Crippen molar-refractivity contribution in [2.75, 3.05) is 19.0 Å². The molecule has 0 aliphatic carbocycles. The van der Waals surface area contributed by atoms with Crippen molar-refractivity contribution >= 4 is 28.9 Å². The Morgan fingerprint density at radius 2 is 2.00 bits per heavy atom. The van der Waals surface area contributed by atoms with Gasteiger partial charge in [-0.3, -0.25) is 0 Å². The Balaban J connectivity index is 0.00000128. The zero-order valence-corrected chi connectivity index (χ0v) is 10.3. The van der Waals surface area contributed by atoms with Gasteiger partial charge < -0.3 is 10.1 Å². The first-order valence-electron chi connectivity index (χ1n) is 5.16. The van der Waals surface area contributed by atoms with Gasteiger partial charge in [0.1, 0.15) is 5.75 Å². The van der Waals surface area contributed by atoms with Gasteiger partial charge >= 0.3 is 0 Å². The largest absolute Gasteiger partial charge is 0.497 e. The summed E-state index contributed by atoms with van der Waals surface area (Å²) in [7, 11) is 1.69. The lowest BCUT2D eigenvalue weighted by Gasteiger charge is -2.09. The maximum atomic E-state index is 5.23. The van der Waals surface area contributed by atoms with Crippen LogP contribution in [-0.4, -0.2) is 13.7 Å². The van der Waals surface area contributed by atoms with E-state index in [-0.39, 0.29) is 12.4 Å². The van der Waals surface area contributed by atoms with Gasteiger partial charge in [0.05, 0.1) is 7.11 Å². The number of nitrogens with one attached hydrogen (secondary N) is 1. The van der Waals surface area contributed by atoms with Crippen LogP contribution in [0.5, 0.6) is 5.75 Å². The van der Waals surface area contributed by atoms with Gasteiger partial charge in [-0.1, -0.05) is 18.2 Å². The van der Waals surface area contributed by atoms with E-state index >= 15 is 0 Å². The predicted molar refractivity (Wildman–Crippen MR) is 71.9 cm³/mol. The molecule has 2 aromatic rings. The number of benzene rings is 2. The van der Waals surface area contributed by atoms with E-state index in [0.717, 1.165) is 18.0 Å². The SMILES string of the molecule is CCNc1cccc2ccc(OC)cc12.Cl. The molecule has 0 heterocycles. The molecule has 1 N–H and O–H groups in total. The summed E-state index contributed by atoms with van der Waals surface area (Å²) in [5.41, 5.74) is 1.16. The Morgan fingerprint density at radius 1 is 1.19 bits per heavy atom. The van der Waals surface area contributed by atoms with E-state index in [0.29, 0.717) is 0 Å². The second-order valence-electron chi connectivity index (χ2n) is 3.42. The van der Waals surface area contributed by atoms with Crippen molar-refractivity contribution in [3.8, 4) is 5.75 Å². The summed E-state index contributed by atoms with van der Waals surface area (Å²) in [5, 5.41) is 5.78. The molecular weight excluding hydrogens is 222 g/mol. The van der Waals surface area contributed by atoms with Crippen molar-refractivity contribution in [2.24, 2.45) is 0 Å². The van der Waals surface area contributed by atoms with Gasteiger partial charge in [0.15, 0.2) is 0 Å². The molecule has 0 saturated carbocycles. The first-order valence-corrected chi connectivity index (χ1v) is 5.16. The number of fused-ring (bicyclic) bond motifs is 1.